The maximum atomic E-state index is 5.69. The second-order valence-corrected chi connectivity index (χ2v) is 5.47. The molecule has 0 aliphatic rings. The Kier molecular flexibility index (Phi) is 4.73. The van der Waals surface area contributed by atoms with E-state index in [1.165, 1.54) is 10.4 Å². The van der Waals surface area contributed by atoms with Crippen LogP contribution in [-0.4, -0.2) is 11.5 Å². The number of nitrogens with two attached hydrogens (primary N) is 1. The highest BCUT2D eigenvalue weighted by Gasteiger charge is 2.04. The lowest BCUT2D eigenvalue weighted by atomic mass is 9.98. The van der Waals surface area contributed by atoms with Crippen molar-refractivity contribution in [2.45, 2.75) is 25.8 Å². The third-order valence-corrected chi connectivity index (χ3v) is 3.82. The fourth-order valence-corrected chi connectivity index (χ4v) is 2.42. The van der Waals surface area contributed by atoms with Crippen LogP contribution in [0.25, 0.3) is 0 Å². The molecule has 1 atom stereocenters. The van der Waals surface area contributed by atoms with Gasteiger partial charge in [0.1, 0.15) is 0 Å². The molecule has 96 valence electrons. The van der Waals surface area contributed by atoms with Crippen LogP contribution in [0.15, 0.2) is 36.0 Å². The summed E-state index contributed by atoms with van der Waals surface area (Å²) in [5.41, 5.74) is 9.73. The van der Waals surface area contributed by atoms with E-state index < -0.39 is 0 Å². The van der Waals surface area contributed by atoms with E-state index in [2.05, 4.69) is 29.4 Å². The normalized spacial score (nSPS) is 12.5. The molecular formula is C14H19N3S. The molecule has 0 aliphatic carbocycles. The summed E-state index contributed by atoms with van der Waals surface area (Å²) >= 11 is 1.69. The molecule has 2 aromatic rings. The van der Waals surface area contributed by atoms with Crippen LogP contribution in [0.3, 0.4) is 0 Å². The van der Waals surface area contributed by atoms with Crippen LogP contribution in [0.5, 0.6) is 0 Å². The summed E-state index contributed by atoms with van der Waals surface area (Å²) in [6.07, 6.45) is 3.05. The number of hydrogen-bond donors (Lipinski definition) is 2. The van der Waals surface area contributed by atoms with Crippen molar-refractivity contribution in [3.63, 3.8) is 0 Å². The van der Waals surface area contributed by atoms with E-state index in [0.717, 1.165) is 25.2 Å². The van der Waals surface area contributed by atoms with Crippen LogP contribution in [0, 0.1) is 0 Å². The number of aromatic nitrogens is 1. The second kappa shape index (κ2) is 6.52. The van der Waals surface area contributed by atoms with Crippen LogP contribution >= 0.6 is 11.3 Å². The highest BCUT2D eigenvalue weighted by atomic mass is 32.1. The number of nitrogen functional groups attached to an aromatic ring is 1. The van der Waals surface area contributed by atoms with E-state index in [1.807, 2.05) is 23.8 Å². The Morgan fingerprint density at radius 1 is 1.33 bits per heavy atom. The Morgan fingerprint density at radius 2 is 2.11 bits per heavy atom. The summed E-state index contributed by atoms with van der Waals surface area (Å²) in [4.78, 5) is 5.35. The third-order valence-electron chi connectivity index (χ3n) is 3.04. The summed E-state index contributed by atoms with van der Waals surface area (Å²) < 4.78 is 0. The molecule has 18 heavy (non-hydrogen) atoms. The molecule has 0 spiro atoms. The van der Waals surface area contributed by atoms with Crippen molar-refractivity contribution in [2.24, 2.45) is 0 Å². The smallest absolute Gasteiger partial charge is 0.0794 e. The third kappa shape index (κ3) is 3.82. The summed E-state index contributed by atoms with van der Waals surface area (Å²) in [7, 11) is 0. The predicted molar refractivity (Wildman–Crippen MR) is 77.7 cm³/mol. The summed E-state index contributed by atoms with van der Waals surface area (Å²) in [5, 5.41) is 3.45. The summed E-state index contributed by atoms with van der Waals surface area (Å²) in [6.45, 7) is 4.18. The quantitative estimate of drug-likeness (QED) is 0.621. The van der Waals surface area contributed by atoms with Gasteiger partial charge in [-0.15, -0.1) is 11.3 Å². The first-order valence-corrected chi connectivity index (χ1v) is 7.07. The zero-order valence-corrected chi connectivity index (χ0v) is 11.4. The molecule has 0 saturated heterocycles. The fourth-order valence-electron chi connectivity index (χ4n) is 1.85. The number of rotatable bonds is 6. The molecule has 0 saturated carbocycles. The molecule has 0 fully saturated rings. The van der Waals surface area contributed by atoms with Gasteiger partial charge in [0, 0.05) is 23.3 Å². The lowest BCUT2D eigenvalue weighted by Gasteiger charge is -2.12. The van der Waals surface area contributed by atoms with E-state index in [4.69, 9.17) is 5.73 Å². The number of nitrogens with zero attached hydrogens (tertiary/aromatic N) is 1. The van der Waals surface area contributed by atoms with Gasteiger partial charge in [-0.3, -0.25) is 4.98 Å². The predicted octanol–water partition coefficient (Wildman–Crippen LogP) is 3.01. The minimum atomic E-state index is 0.555. The van der Waals surface area contributed by atoms with Gasteiger partial charge in [-0.1, -0.05) is 19.1 Å². The monoisotopic (exact) mass is 261 g/mol. The maximum Gasteiger partial charge on any atom is 0.0794 e. The van der Waals surface area contributed by atoms with Crippen molar-refractivity contribution in [1.82, 2.24) is 10.3 Å². The fraction of sp³-hybridized carbons (Fsp3) is 0.357. The zero-order chi connectivity index (χ0) is 12.8. The number of thiazole rings is 1. The van der Waals surface area contributed by atoms with Gasteiger partial charge in [0.15, 0.2) is 0 Å². The first-order chi connectivity index (χ1) is 8.75. The number of benzene rings is 1. The van der Waals surface area contributed by atoms with E-state index in [1.54, 1.807) is 11.3 Å². The Balaban J connectivity index is 1.71. The van der Waals surface area contributed by atoms with Crippen LogP contribution in [0.2, 0.25) is 0 Å². The molecule has 2 rings (SSSR count). The first kappa shape index (κ1) is 13.1. The molecule has 4 heteroatoms. The van der Waals surface area contributed by atoms with E-state index >= 15 is 0 Å². The second-order valence-electron chi connectivity index (χ2n) is 4.50. The van der Waals surface area contributed by atoms with Crippen LogP contribution in [0.1, 0.15) is 29.7 Å². The number of anilines is 1. The van der Waals surface area contributed by atoms with Crippen molar-refractivity contribution in [1.29, 1.82) is 0 Å². The molecule has 1 aromatic carbocycles. The van der Waals surface area contributed by atoms with Gasteiger partial charge in [-0.2, -0.15) is 0 Å². The minimum absolute atomic E-state index is 0.555. The Labute approximate surface area is 112 Å². The van der Waals surface area contributed by atoms with Gasteiger partial charge >= 0.3 is 0 Å². The Morgan fingerprint density at radius 3 is 2.78 bits per heavy atom. The first-order valence-electron chi connectivity index (χ1n) is 6.19. The molecule has 0 aliphatic heterocycles. The molecular weight excluding hydrogens is 242 g/mol. The van der Waals surface area contributed by atoms with Crippen molar-refractivity contribution in [2.75, 3.05) is 12.3 Å². The Bertz CT molecular complexity index is 450. The van der Waals surface area contributed by atoms with Gasteiger partial charge in [0.2, 0.25) is 0 Å². The largest absolute Gasteiger partial charge is 0.399 e. The molecule has 1 aromatic heterocycles. The van der Waals surface area contributed by atoms with Gasteiger partial charge in [0.05, 0.1) is 5.51 Å². The molecule has 3 N–H and O–H groups in total. The molecule has 0 bridgehead atoms. The van der Waals surface area contributed by atoms with Crippen LogP contribution in [-0.2, 0) is 6.54 Å². The van der Waals surface area contributed by atoms with Crippen molar-refractivity contribution < 1.29 is 0 Å². The van der Waals surface area contributed by atoms with E-state index in [9.17, 15) is 0 Å². The van der Waals surface area contributed by atoms with Gasteiger partial charge in [-0.05, 0) is 36.6 Å². The SMILES string of the molecule is CC(CCNCc1cncs1)c1ccc(N)cc1. The lowest BCUT2D eigenvalue weighted by molar-refractivity contribution is 0.597. The standard InChI is InChI=1S/C14H19N3S/c1-11(12-2-4-13(15)5-3-12)6-7-16-8-14-9-17-10-18-14/h2-5,9-11,16H,6-8,15H2,1H3. The van der Waals surface area contributed by atoms with Crippen LogP contribution < -0.4 is 11.1 Å². The van der Waals surface area contributed by atoms with Crippen molar-refractivity contribution in [3.8, 4) is 0 Å². The highest BCUT2D eigenvalue weighted by molar-refractivity contribution is 7.09. The summed E-state index contributed by atoms with van der Waals surface area (Å²) in [5.74, 6) is 0.555. The van der Waals surface area contributed by atoms with Crippen LogP contribution in [0.4, 0.5) is 5.69 Å². The number of nitrogens with one attached hydrogen (secondary N) is 1. The van der Waals surface area contributed by atoms with Gasteiger partial charge < -0.3 is 11.1 Å². The van der Waals surface area contributed by atoms with Crippen molar-refractivity contribution >= 4 is 17.0 Å². The average molecular weight is 261 g/mol. The van der Waals surface area contributed by atoms with Gasteiger partial charge in [-0.25, -0.2) is 0 Å². The molecule has 3 nitrogen and oxygen atoms in total. The minimum Gasteiger partial charge on any atom is -0.399 e. The topological polar surface area (TPSA) is 50.9 Å². The average Bonchev–Trinajstić information content (AvgIpc) is 2.88. The highest BCUT2D eigenvalue weighted by Crippen LogP contribution is 2.19. The maximum absolute atomic E-state index is 5.69. The molecule has 0 amide bonds. The van der Waals surface area contributed by atoms with Gasteiger partial charge in [0.25, 0.3) is 0 Å². The molecule has 0 radical (unpaired) electrons. The lowest BCUT2D eigenvalue weighted by Crippen LogP contribution is -2.15. The number of hydrogen-bond acceptors (Lipinski definition) is 4. The van der Waals surface area contributed by atoms with E-state index in [-0.39, 0.29) is 0 Å². The summed E-state index contributed by atoms with van der Waals surface area (Å²) in [6, 6.07) is 8.17. The zero-order valence-electron chi connectivity index (χ0n) is 10.6. The molecule has 1 unspecified atom stereocenters. The Hall–Kier alpha value is -1.39. The van der Waals surface area contributed by atoms with Crippen molar-refractivity contribution in [3.05, 3.63) is 46.4 Å². The van der Waals surface area contributed by atoms with E-state index in [0.29, 0.717) is 5.92 Å². The molecule has 1 heterocycles.